The maximum atomic E-state index is 5.65. The quantitative estimate of drug-likeness (QED) is 0.773. The van der Waals surface area contributed by atoms with E-state index in [-0.39, 0.29) is 6.04 Å². The van der Waals surface area contributed by atoms with Gasteiger partial charge < -0.3 is 4.76 Å². The lowest BCUT2D eigenvalue weighted by Crippen LogP contribution is -2.48. The van der Waals surface area contributed by atoms with Crippen molar-refractivity contribution in [2.75, 3.05) is 6.54 Å². The monoisotopic (exact) mass is 255 g/mol. The van der Waals surface area contributed by atoms with Gasteiger partial charge in [-0.15, -0.1) is 0 Å². The predicted octanol–water partition coefficient (Wildman–Crippen LogP) is 2.93. The molecular weight excluding hydrogens is 235 g/mol. The van der Waals surface area contributed by atoms with Crippen molar-refractivity contribution in [2.45, 2.75) is 26.7 Å². The Morgan fingerprint density at radius 3 is 2.63 bits per heavy atom. The van der Waals surface area contributed by atoms with Crippen LogP contribution in [0.5, 0.6) is 0 Å². The molecule has 2 rings (SSSR count). The first kappa shape index (κ1) is 13.9. The number of rotatable bonds is 4. The predicted molar refractivity (Wildman–Crippen MR) is 80.2 cm³/mol. The summed E-state index contributed by atoms with van der Waals surface area (Å²) >= 11 is 0. The van der Waals surface area contributed by atoms with Crippen molar-refractivity contribution in [3.05, 3.63) is 48.2 Å². The van der Waals surface area contributed by atoms with Crippen molar-refractivity contribution in [1.82, 2.24) is 5.06 Å². The van der Waals surface area contributed by atoms with E-state index >= 15 is 0 Å². The van der Waals surface area contributed by atoms with Gasteiger partial charge in [0.25, 0.3) is 0 Å². The molecule has 4 heteroatoms. The zero-order valence-corrected chi connectivity index (χ0v) is 11.8. The minimum Gasteiger partial charge on any atom is -0.344 e. The number of aliphatic imine (C=N–C) groups is 1. The van der Waals surface area contributed by atoms with Gasteiger partial charge in [0.15, 0.2) is 0 Å². The molecule has 1 radical (unpaired) electrons. The van der Waals surface area contributed by atoms with E-state index in [1.54, 1.807) is 7.48 Å². The molecule has 19 heavy (non-hydrogen) atoms. The van der Waals surface area contributed by atoms with Gasteiger partial charge in [-0.3, -0.25) is 10.1 Å². The molecule has 0 aliphatic carbocycles. The van der Waals surface area contributed by atoms with Crippen LogP contribution in [0, 0.1) is 5.92 Å². The van der Waals surface area contributed by atoms with Crippen LogP contribution in [0.3, 0.4) is 0 Å². The van der Waals surface area contributed by atoms with Crippen LogP contribution < -0.4 is 0 Å². The molecule has 3 nitrogen and oxygen atoms in total. The molecule has 0 fully saturated rings. The third-order valence-corrected chi connectivity index (χ3v) is 3.20. The van der Waals surface area contributed by atoms with E-state index in [0.29, 0.717) is 12.5 Å². The minimum absolute atomic E-state index is 0.0971. The lowest BCUT2D eigenvalue weighted by Gasteiger charge is -2.40. The number of hydrogen-bond acceptors (Lipinski definition) is 3. The van der Waals surface area contributed by atoms with Gasteiger partial charge in [0.1, 0.15) is 0 Å². The number of hydroxylamine groups is 2. The molecule has 1 aliphatic heterocycles. The molecule has 1 atom stereocenters. The fourth-order valence-electron chi connectivity index (χ4n) is 2.36. The van der Waals surface area contributed by atoms with E-state index in [4.69, 9.17) is 9.75 Å². The van der Waals surface area contributed by atoms with Crippen molar-refractivity contribution in [3.63, 3.8) is 0 Å². The van der Waals surface area contributed by atoms with Crippen LogP contribution in [0.25, 0.3) is 0 Å². The Morgan fingerprint density at radius 1 is 1.37 bits per heavy atom. The van der Waals surface area contributed by atoms with Gasteiger partial charge in [0.2, 0.25) is 0 Å². The van der Waals surface area contributed by atoms with Crippen molar-refractivity contribution in [2.24, 2.45) is 10.9 Å². The highest BCUT2D eigenvalue weighted by Crippen LogP contribution is 2.25. The summed E-state index contributed by atoms with van der Waals surface area (Å²) in [4.78, 5) is 4.70. The zero-order valence-electron chi connectivity index (χ0n) is 11.8. The average Bonchev–Trinajstić information content (AvgIpc) is 2.41. The minimum atomic E-state index is 0.0971. The largest absolute Gasteiger partial charge is 0.344 e. The lowest BCUT2D eigenvalue weighted by atomic mass is 9.92. The highest BCUT2D eigenvalue weighted by atomic mass is 16.6. The lowest BCUT2D eigenvalue weighted by molar-refractivity contribution is -0.0535. The molecule has 0 spiro atoms. The summed E-state index contributed by atoms with van der Waals surface area (Å²) in [7, 11) is 1.69. The molecule has 1 aliphatic rings. The van der Waals surface area contributed by atoms with Crippen LogP contribution >= 0.6 is 0 Å². The Hall–Kier alpha value is -1.55. The van der Waals surface area contributed by atoms with Crippen molar-refractivity contribution in [3.8, 4) is 0 Å². The molecule has 1 aromatic carbocycles. The molecule has 99 valence electrons. The maximum absolute atomic E-state index is 5.65. The van der Waals surface area contributed by atoms with Crippen molar-refractivity contribution in [1.29, 1.82) is 0 Å². The van der Waals surface area contributed by atoms with Crippen molar-refractivity contribution >= 4 is 13.2 Å². The van der Waals surface area contributed by atoms with Gasteiger partial charge >= 0.3 is 7.48 Å². The Morgan fingerprint density at radius 2 is 2.05 bits per heavy atom. The third-order valence-electron chi connectivity index (χ3n) is 3.20. The summed E-state index contributed by atoms with van der Waals surface area (Å²) in [6, 6.07) is 10.4. The first-order valence-electron chi connectivity index (χ1n) is 6.66. The first-order chi connectivity index (χ1) is 9.15. The summed E-state index contributed by atoms with van der Waals surface area (Å²) in [6.07, 6.45) is 0. The van der Waals surface area contributed by atoms with Crippen molar-refractivity contribution < 1.29 is 4.76 Å². The highest BCUT2D eigenvalue weighted by Gasteiger charge is 2.32. The SMILES string of the molecule is C=C1CN=C(c2ccccc2)C(C(C)C)N1O[B]C. The molecule has 0 aromatic heterocycles. The Kier molecular flexibility index (Phi) is 4.43. The summed E-state index contributed by atoms with van der Waals surface area (Å²) in [5.74, 6) is 0.385. The van der Waals surface area contributed by atoms with E-state index in [1.807, 2.05) is 30.1 Å². The fraction of sp³-hybridized carbons (Fsp3) is 0.400. The van der Waals surface area contributed by atoms with E-state index in [0.717, 1.165) is 17.0 Å². The first-order valence-corrected chi connectivity index (χ1v) is 6.66. The molecule has 1 heterocycles. The van der Waals surface area contributed by atoms with Crippen LogP contribution in [-0.2, 0) is 4.76 Å². The topological polar surface area (TPSA) is 24.8 Å². The molecule has 1 unspecified atom stereocenters. The van der Waals surface area contributed by atoms with Crippen LogP contribution in [0.1, 0.15) is 19.4 Å². The van der Waals surface area contributed by atoms with E-state index in [9.17, 15) is 0 Å². The van der Waals surface area contributed by atoms with E-state index in [1.165, 1.54) is 0 Å². The molecule has 1 aromatic rings. The molecule has 0 saturated carbocycles. The Bertz CT molecular complexity index is 470. The van der Waals surface area contributed by atoms with Crippen LogP contribution in [-0.4, -0.2) is 30.8 Å². The van der Waals surface area contributed by atoms with Crippen LogP contribution in [0.15, 0.2) is 47.6 Å². The average molecular weight is 255 g/mol. The second-order valence-electron chi connectivity index (χ2n) is 4.99. The maximum Gasteiger partial charge on any atom is 0.330 e. The summed E-state index contributed by atoms with van der Waals surface area (Å²) in [6.45, 7) is 10.9. The smallest absolute Gasteiger partial charge is 0.330 e. The molecule has 0 bridgehead atoms. The zero-order chi connectivity index (χ0) is 13.8. The van der Waals surface area contributed by atoms with Crippen LogP contribution in [0.4, 0.5) is 0 Å². The van der Waals surface area contributed by atoms with Gasteiger partial charge in [-0.25, -0.2) is 0 Å². The Balaban J connectivity index is 2.38. The second kappa shape index (κ2) is 6.07. The number of hydrogen-bond donors (Lipinski definition) is 0. The van der Waals surface area contributed by atoms with Crippen LogP contribution in [0.2, 0.25) is 6.82 Å². The third kappa shape index (κ3) is 2.90. The summed E-state index contributed by atoms with van der Waals surface area (Å²) < 4.78 is 5.65. The second-order valence-corrected chi connectivity index (χ2v) is 4.99. The van der Waals surface area contributed by atoms with E-state index in [2.05, 4.69) is 32.6 Å². The molecule has 0 amide bonds. The van der Waals surface area contributed by atoms with Gasteiger partial charge in [-0.05, 0) is 11.5 Å². The van der Waals surface area contributed by atoms with E-state index < -0.39 is 0 Å². The van der Waals surface area contributed by atoms with Gasteiger partial charge in [-0.1, -0.05) is 57.6 Å². The highest BCUT2D eigenvalue weighted by molar-refractivity contribution is 6.24. The summed E-state index contributed by atoms with van der Waals surface area (Å²) in [5, 5.41) is 1.89. The van der Waals surface area contributed by atoms with Gasteiger partial charge in [0.05, 0.1) is 24.0 Å². The molecular formula is C15H20BN2O. The summed E-state index contributed by atoms with van der Waals surface area (Å²) in [5.41, 5.74) is 3.12. The number of benzene rings is 1. The standard InChI is InChI=1S/C15H20BN2O/c1-11(2)15-14(13-8-6-5-7-9-13)17-10-12(3)18(15)19-16-4/h5-9,11,15H,3,10H2,1-2,4H3. The normalized spacial score (nSPS) is 19.6. The Labute approximate surface area is 116 Å². The fourth-order valence-corrected chi connectivity index (χ4v) is 2.36. The van der Waals surface area contributed by atoms with Gasteiger partial charge in [-0.2, -0.15) is 0 Å². The molecule has 0 saturated heterocycles. The molecule has 0 N–H and O–H groups in total. The van der Waals surface area contributed by atoms with Gasteiger partial charge in [0, 0.05) is 0 Å². The number of nitrogens with zero attached hydrogens (tertiary/aromatic N) is 2.